The molecule has 1 unspecified atom stereocenters. The molecular weight excluding hydrogens is 258 g/mol. The second kappa shape index (κ2) is 7.84. The normalized spacial score (nSPS) is 13.7. The lowest BCUT2D eigenvalue weighted by Crippen LogP contribution is -2.29. The van der Waals surface area contributed by atoms with Crippen molar-refractivity contribution >= 4 is 0 Å². The van der Waals surface area contributed by atoms with Crippen LogP contribution in [-0.4, -0.2) is 13.2 Å². The van der Waals surface area contributed by atoms with Crippen molar-refractivity contribution in [1.29, 1.82) is 0 Å². The molecule has 0 aromatic heterocycles. The second-order valence-corrected chi connectivity index (χ2v) is 5.59. The van der Waals surface area contributed by atoms with E-state index in [2.05, 4.69) is 61.6 Å². The Morgan fingerprint density at radius 2 is 1.76 bits per heavy atom. The quantitative estimate of drug-likeness (QED) is 0.815. The van der Waals surface area contributed by atoms with Gasteiger partial charge in [-0.2, -0.15) is 0 Å². The molecule has 0 fully saturated rings. The van der Waals surface area contributed by atoms with E-state index in [1.54, 1.807) is 7.11 Å². The Hall–Kier alpha value is -1.80. The van der Waals surface area contributed by atoms with Crippen molar-refractivity contribution < 1.29 is 4.74 Å². The average molecular weight is 283 g/mol. The topological polar surface area (TPSA) is 21.3 Å². The predicted molar refractivity (Wildman–Crippen MR) is 88.8 cm³/mol. The Kier molecular flexibility index (Phi) is 5.82. The Morgan fingerprint density at radius 3 is 2.48 bits per heavy atom. The van der Waals surface area contributed by atoms with Crippen LogP contribution < -0.4 is 10.1 Å². The highest BCUT2D eigenvalue weighted by atomic mass is 16.5. The first-order chi connectivity index (χ1) is 10.2. The smallest absolute Gasteiger partial charge is 0.119 e. The summed E-state index contributed by atoms with van der Waals surface area (Å²) in [5.74, 6) is 0.915. The molecule has 0 amide bonds. The van der Waals surface area contributed by atoms with E-state index in [0.29, 0.717) is 12.1 Å². The van der Waals surface area contributed by atoms with Gasteiger partial charge >= 0.3 is 0 Å². The Morgan fingerprint density at radius 1 is 1.00 bits per heavy atom. The van der Waals surface area contributed by atoms with Gasteiger partial charge in [0.15, 0.2) is 0 Å². The number of nitrogens with one attached hydrogen (secondary N) is 1. The van der Waals surface area contributed by atoms with Crippen LogP contribution in [0, 0.1) is 0 Å². The average Bonchev–Trinajstić information content (AvgIpc) is 2.54. The van der Waals surface area contributed by atoms with Crippen LogP contribution in [-0.2, 0) is 6.42 Å². The maximum absolute atomic E-state index is 5.29. The molecular formula is C19H25NO. The third kappa shape index (κ3) is 4.91. The van der Waals surface area contributed by atoms with E-state index in [1.165, 1.54) is 11.1 Å². The first-order valence-electron chi connectivity index (χ1n) is 7.63. The highest BCUT2D eigenvalue weighted by Gasteiger charge is 2.10. The van der Waals surface area contributed by atoms with E-state index in [4.69, 9.17) is 4.74 Å². The molecule has 2 aromatic rings. The minimum absolute atomic E-state index is 0.325. The Balaban J connectivity index is 1.85. The minimum Gasteiger partial charge on any atom is -0.497 e. The third-order valence-corrected chi connectivity index (χ3v) is 3.84. The zero-order valence-electron chi connectivity index (χ0n) is 13.2. The summed E-state index contributed by atoms with van der Waals surface area (Å²) in [6.07, 6.45) is 2.25. The van der Waals surface area contributed by atoms with Crippen LogP contribution in [0.25, 0.3) is 0 Å². The first kappa shape index (κ1) is 15.6. The van der Waals surface area contributed by atoms with Crippen LogP contribution in [0.15, 0.2) is 54.6 Å². The molecule has 2 atom stereocenters. The van der Waals surface area contributed by atoms with E-state index in [9.17, 15) is 0 Å². The molecule has 21 heavy (non-hydrogen) atoms. The molecule has 1 N–H and O–H groups in total. The molecule has 2 aromatic carbocycles. The fourth-order valence-corrected chi connectivity index (χ4v) is 2.55. The lowest BCUT2D eigenvalue weighted by molar-refractivity contribution is 0.411. The second-order valence-electron chi connectivity index (χ2n) is 5.59. The summed E-state index contributed by atoms with van der Waals surface area (Å²) in [4.78, 5) is 0. The molecule has 2 nitrogen and oxygen atoms in total. The largest absolute Gasteiger partial charge is 0.497 e. The highest BCUT2D eigenvalue weighted by Crippen LogP contribution is 2.19. The summed E-state index contributed by atoms with van der Waals surface area (Å²) in [6.45, 7) is 4.45. The van der Waals surface area contributed by atoms with Gasteiger partial charge in [-0.1, -0.05) is 42.5 Å². The van der Waals surface area contributed by atoms with Gasteiger partial charge in [0.2, 0.25) is 0 Å². The van der Waals surface area contributed by atoms with Crippen molar-refractivity contribution in [3.05, 3.63) is 65.7 Å². The summed E-state index contributed by atoms with van der Waals surface area (Å²) in [7, 11) is 1.71. The SMILES string of the molecule is COc1cccc([C@H](C)NC(C)CCc2ccccc2)c1. The van der Waals surface area contributed by atoms with Crippen LogP contribution in [0.5, 0.6) is 5.75 Å². The molecule has 0 heterocycles. The van der Waals surface area contributed by atoms with Gasteiger partial charge in [0.05, 0.1) is 7.11 Å². The molecule has 0 saturated heterocycles. The van der Waals surface area contributed by atoms with E-state index in [0.717, 1.165) is 18.6 Å². The van der Waals surface area contributed by atoms with Crippen molar-refractivity contribution in [1.82, 2.24) is 5.32 Å². The van der Waals surface area contributed by atoms with Crippen LogP contribution >= 0.6 is 0 Å². The molecule has 0 spiro atoms. The molecule has 0 radical (unpaired) electrons. The molecule has 112 valence electrons. The van der Waals surface area contributed by atoms with Crippen LogP contribution in [0.2, 0.25) is 0 Å². The maximum Gasteiger partial charge on any atom is 0.119 e. The van der Waals surface area contributed by atoms with Gasteiger partial charge in [0, 0.05) is 12.1 Å². The van der Waals surface area contributed by atoms with Gasteiger partial charge < -0.3 is 10.1 Å². The van der Waals surface area contributed by atoms with Gasteiger partial charge in [-0.15, -0.1) is 0 Å². The van der Waals surface area contributed by atoms with Crippen molar-refractivity contribution in [3.8, 4) is 5.75 Å². The van der Waals surface area contributed by atoms with Crippen molar-refractivity contribution in [2.24, 2.45) is 0 Å². The summed E-state index contributed by atoms with van der Waals surface area (Å²) in [6, 6.07) is 19.7. The fourth-order valence-electron chi connectivity index (χ4n) is 2.55. The first-order valence-corrected chi connectivity index (χ1v) is 7.63. The lowest BCUT2D eigenvalue weighted by Gasteiger charge is -2.21. The zero-order valence-corrected chi connectivity index (χ0v) is 13.2. The van der Waals surface area contributed by atoms with E-state index < -0.39 is 0 Å². The van der Waals surface area contributed by atoms with Crippen LogP contribution in [0.3, 0.4) is 0 Å². The zero-order chi connectivity index (χ0) is 15.1. The minimum atomic E-state index is 0.325. The summed E-state index contributed by atoms with van der Waals surface area (Å²) in [5.41, 5.74) is 2.67. The number of hydrogen-bond donors (Lipinski definition) is 1. The number of aryl methyl sites for hydroxylation is 1. The predicted octanol–water partition coefficient (Wildman–Crippen LogP) is 4.37. The summed E-state index contributed by atoms with van der Waals surface area (Å²) >= 11 is 0. The highest BCUT2D eigenvalue weighted by molar-refractivity contribution is 5.30. The van der Waals surface area contributed by atoms with Gasteiger partial charge in [-0.3, -0.25) is 0 Å². The van der Waals surface area contributed by atoms with Crippen molar-refractivity contribution in [2.45, 2.75) is 38.8 Å². The third-order valence-electron chi connectivity index (χ3n) is 3.84. The summed E-state index contributed by atoms with van der Waals surface area (Å²) < 4.78 is 5.29. The van der Waals surface area contributed by atoms with E-state index in [1.807, 2.05) is 12.1 Å². The molecule has 0 bridgehead atoms. The van der Waals surface area contributed by atoms with Crippen molar-refractivity contribution in [2.75, 3.05) is 7.11 Å². The van der Waals surface area contributed by atoms with Gasteiger partial charge in [0.1, 0.15) is 5.75 Å². The molecule has 2 rings (SSSR count). The summed E-state index contributed by atoms with van der Waals surface area (Å²) in [5, 5.41) is 3.66. The molecule has 0 aliphatic heterocycles. The number of benzene rings is 2. The standard InChI is InChI=1S/C19H25NO/c1-15(12-13-17-8-5-4-6-9-17)20-16(2)18-10-7-11-19(14-18)21-3/h4-11,14-16,20H,12-13H2,1-3H3/t15?,16-/m0/s1. The fraction of sp³-hybridized carbons (Fsp3) is 0.368. The molecule has 0 saturated carbocycles. The molecule has 2 heteroatoms. The van der Waals surface area contributed by atoms with Crippen LogP contribution in [0.4, 0.5) is 0 Å². The molecule has 0 aliphatic rings. The number of ether oxygens (including phenoxy) is 1. The molecule has 0 aliphatic carbocycles. The van der Waals surface area contributed by atoms with E-state index >= 15 is 0 Å². The number of methoxy groups -OCH3 is 1. The lowest BCUT2D eigenvalue weighted by atomic mass is 10.0. The number of rotatable bonds is 7. The van der Waals surface area contributed by atoms with Crippen LogP contribution in [0.1, 0.15) is 37.4 Å². The van der Waals surface area contributed by atoms with Gasteiger partial charge in [-0.25, -0.2) is 0 Å². The maximum atomic E-state index is 5.29. The number of hydrogen-bond acceptors (Lipinski definition) is 2. The Bertz CT molecular complexity index is 538. The van der Waals surface area contributed by atoms with Gasteiger partial charge in [0.25, 0.3) is 0 Å². The Labute approximate surface area is 128 Å². The van der Waals surface area contributed by atoms with Crippen molar-refractivity contribution in [3.63, 3.8) is 0 Å². The monoisotopic (exact) mass is 283 g/mol. The van der Waals surface area contributed by atoms with E-state index in [-0.39, 0.29) is 0 Å². The van der Waals surface area contributed by atoms with Gasteiger partial charge in [-0.05, 0) is 49.9 Å².